The van der Waals surface area contributed by atoms with E-state index in [1.807, 2.05) is 0 Å². The van der Waals surface area contributed by atoms with Gasteiger partial charge in [-0.15, -0.1) is 0 Å². The highest BCUT2D eigenvalue weighted by atomic mass is 19.1. The molecule has 5 nitrogen and oxygen atoms in total. The van der Waals surface area contributed by atoms with Crippen LogP contribution >= 0.6 is 0 Å². The Kier molecular flexibility index (Phi) is 7.39. The molecule has 116 valence electrons. The number of benzene rings is 1. The summed E-state index contributed by atoms with van der Waals surface area (Å²) >= 11 is 0. The number of esters is 1. The van der Waals surface area contributed by atoms with E-state index >= 15 is 0 Å². The standard InChI is InChI=1S/C15H20FNO4/c1-20-11-3-9-17(10-8-14(18)21-2)15(19)12-4-6-13(16)7-5-12/h4-7H,3,8-11H2,1-2H3. The molecule has 0 unspecified atom stereocenters. The lowest BCUT2D eigenvalue weighted by atomic mass is 10.2. The fraction of sp³-hybridized carbons (Fsp3) is 0.467. The van der Waals surface area contributed by atoms with Gasteiger partial charge >= 0.3 is 5.97 Å². The van der Waals surface area contributed by atoms with Crippen LogP contribution in [0.2, 0.25) is 0 Å². The van der Waals surface area contributed by atoms with Gasteiger partial charge in [0.2, 0.25) is 0 Å². The van der Waals surface area contributed by atoms with Crippen molar-refractivity contribution in [1.82, 2.24) is 4.90 Å². The molecule has 0 fully saturated rings. The summed E-state index contributed by atoms with van der Waals surface area (Å²) in [6.07, 6.45) is 0.779. The number of methoxy groups -OCH3 is 2. The second-order valence-corrected chi connectivity index (χ2v) is 4.47. The highest BCUT2D eigenvalue weighted by Gasteiger charge is 2.17. The van der Waals surface area contributed by atoms with Crippen molar-refractivity contribution >= 4 is 11.9 Å². The molecular weight excluding hydrogens is 277 g/mol. The molecule has 0 aliphatic heterocycles. The predicted octanol–water partition coefficient (Wildman–Crippen LogP) is 1.87. The topological polar surface area (TPSA) is 55.8 Å². The lowest BCUT2D eigenvalue weighted by Gasteiger charge is -2.22. The molecule has 0 aromatic heterocycles. The Morgan fingerprint density at radius 2 is 1.81 bits per heavy atom. The van der Waals surface area contributed by atoms with Gasteiger partial charge < -0.3 is 14.4 Å². The van der Waals surface area contributed by atoms with Gasteiger partial charge in [-0.3, -0.25) is 9.59 Å². The maximum Gasteiger partial charge on any atom is 0.307 e. The average Bonchev–Trinajstić information content (AvgIpc) is 2.50. The van der Waals surface area contributed by atoms with Crippen LogP contribution in [-0.4, -0.2) is 50.7 Å². The number of hydrogen-bond donors (Lipinski definition) is 0. The van der Waals surface area contributed by atoms with Crippen LogP contribution < -0.4 is 0 Å². The molecule has 0 spiro atoms. The van der Waals surface area contributed by atoms with Gasteiger partial charge in [0.05, 0.1) is 13.5 Å². The van der Waals surface area contributed by atoms with Crippen molar-refractivity contribution in [2.75, 3.05) is 33.9 Å². The van der Waals surface area contributed by atoms with Crippen molar-refractivity contribution in [2.45, 2.75) is 12.8 Å². The van der Waals surface area contributed by atoms with E-state index in [1.54, 1.807) is 12.0 Å². The zero-order valence-electron chi connectivity index (χ0n) is 12.3. The summed E-state index contributed by atoms with van der Waals surface area (Å²) in [7, 11) is 2.89. The minimum Gasteiger partial charge on any atom is -0.469 e. The minimum atomic E-state index is -0.396. The highest BCUT2D eigenvalue weighted by molar-refractivity contribution is 5.94. The van der Waals surface area contributed by atoms with Gasteiger partial charge in [-0.25, -0.2) is 4.39 Å². The van der Waals surface area contributed by atoms with Gasteiger partial charge in [-0.1, -0.05) is 0 Å². The van der Waals surface area contributed by atoms with Crippen LogP contribution in [0.5, 0.6) is 0 Å². The smallest absolute Gasteiger partial charge is 0.307 e. The zero-order valence-corrected chi connectivity index (χ0v) is 12.3. The third-order valence-corrected chi connectivity index (χ3v) is 2.97. The van der Waals surface area contributed by atoms with E-state index in [1.165, 1.54) is 31.4 Å². The molecular formula is C15H20FNO4. The molecule has 1 amide bonds. The molecule has 1 aromatic carbocycles. The normalized spacial score (nSPS) is 10.2. The van der Waals surface area contributed by atoms with E-state index in [0.717, 1.165) is 0 Å². The quantitative estimate of drug-likeness (QED) is 0.543. The van der Waals surface area contributed by atoms with E-state index in [4.69, 9.17) is 4.74 Å². The first-order chi connectivity index (χ1) is 10.1. The van der Waals surface area contributed by atoms with Crippen LogP contribution in [-0.2, 0) is 14.3 Å². The van der Waals surface area contributed by atoms with Crippen molar-refractivity contribution in [3.63, 3.8) is 0 Å². The van der Waals surface area contributed by atoms with E-state index in [-0.39, 0.29) is 24.8 Å². The van der Waals surface area contributed by atoms with Crippen LogP contribution in [0.4, 0.5) is 4.39 Å². The number of hydrogen-bond acceptors (Lipinski definition) is 4. The maximum absolute atomic E-state index is 12.9. The van der Waals surface area contributed by atoms with Crippen molar-refractivity contribution in [1.29, 1.82) is 0 Å². The number of halogens is 1. The van der Waals surface area contributed by atoms with Gasteiger partial charge in [0.1, 0.15) is 5.82 Å². The van der Waals surface area contributed by atoms with Crippen LogP contribution in [0, 0.1) is 5.82 Å². The predicted molar refractivity (Wildman–Crippen MR) is 75.4 cm³/mol. The Labute approximate surface area is 123 Å². The molecule has 0 saturated heterocycles. The number of carbonyl (C=O) groups excluding carboxylic acids is 2. The van der Waals surface area contributed by atoms with E-state index in [9.17, 15) is 14.0 Å². The molecule has 6 heteroatoms. The minimum absolute atomic E-state index is 0.121. The largest absolute Gasteiger partial charge is 0.469 e. The molecule has 21 heavy (non-hydrogen) atoms. The van der Waals surface area contributed by atoms with Crippen LogP contribution in [0.3, 0.4) is 0 Å². The summed E-state index contributed by atoms with van der Waals surface area (Å²) in [6, 6.07) is 5.33. The molecule has 0 aliphatic rings. The average molecular weight is 297 g/mol. The van der Waals surface area contributed by atoms with Crippen LogP contribution in [0.25, 0.3) is 0 Å². The second kappa shape index (κ2) is 9.07. The fourth-order valence-corrected chi connectivity index (χ4v) is 1.82. The van der Waals surface area contributed by atoms with E-state index in [0.29, 0.717) is 25.1 Å². The first-order valence-corrected chi connectivity index (χ1v) is 6.69. The molecule has 1 rings (SSSR count). The lowest BCUT2D eigenvalue weighted by molar-refractivity contribution is -0.140. The second-order valence-electron chi connectivity index (χ2n) is 4.47. The third-order valence-electron chi connectivity index (χ3n) is 2.97. The van der Waals surface area contributed by atoms with Crippen molar-refractivity contribution in [3.05, 3.63) is 35.6 Å². The summed E-state index contributed by atoms with van der Waals surface area (Å²) in [5.74, 6) is -1.01. The van der Waals surface area contributed by atoms with Crippen molar-refractivity contribution in [3.8, 4) is 0 Å². The third kappa shape index (κ3) is 5.91. The van der Waals surface area contributed by atoms with Gasteiger partial charge in [0.15, 0.2) is 0 Å². The molecule has 0 saturated carbocycles. The van der Waals surface area contributed by atoms with Crippen molar-refractivity contribution < 1.29 is 23.5 Å². The Morgan fingerprint density at radius 3 is 2.38 bits per heavy atom. The first kappa shape index (κ1) is 17.1. The van der Waals surface area contributed by atoms with Gasteiger partial charge in [-0.05, 0) is 30.7 Å². The number of amides is 1. The molecule has 0 N–H and O–H groups in total. The van der Waals surface area contributed by atoms with Gasteiger partial charge in [0.25, 0.3) is 5.91 Å². The van der Waals surface area contributed by atoms with Crippen LogP contribution in [0.15, 0.2) is 24.3 Å². The van der Waals surface area contributed by atoms with Gasteiger partial charge in [-0.2, -0.15) is 0 Å². The fourth-order valence-electron chi connectivity index (χ4n) is 1.82. The molecule has 0 radical (unpaired) electrons. The highest BCUT2D eigenvalue weighted by Crippen LogP contribution is 2.08. The summed E-state index contributed by atoms with van der Waals surface area (Å²) in [6.45, 7) is 1.24. The Morgan fingerprint density at radius 1 is 1.14 bits per heavy atom. The molecule has 0 bridgehead atoms. The Hall–Kier alpha value is -1.95. The van der Waals surface area contributed by atoms with Gasteiger partial charge in [0, 0.05) is 32.4 Å². The summed E-state index contributed by atoms with van der Waals surface area (Å²) < 4.78 is 22.4. The lowest BCUT2D eigenvalue weighted by Crippen LogP contribution is -2.34. The summed E-state index contributed by atoms with van der Waals surface area (Å²) in [5.41, 5.74) is 0.388. The molecule has 0 atom stereocenters. The summed E-state index contributed by atoms with van der Waals surface area (Å²) in [4.78, 5) is 25.1. The molecule has 1 aromatic rings. The molecule has 0 aliphatic carbocycles. The maximum atomic E-state index is 12.9. The van der Waals surface area contributed by atoms with Crippen molar-refractivity contribution in [2.24, 2.45) is 0 Å². The zero-order chi connectivity index (χ0) is 15.7. The number of ether oxygens (including phenoxy) is 2. The monoisotopic (exact) mass is 297 g/mol. The Balaban J connectivity index is 2.70. The SMILES string of the molecule is COCCCN(CCC(=O)OC)C(=O)c1ccc(F)cc1. The van der Waals surface area contributed by atoms with Crippen LogP contribution in [0.1, 0.15) is 23.2 Å². The number of nitrogens with zero attached hydrogens (tertiary/aromatic N) is 1. The number of rotatable bonds is 8. The van der Waals surface area contributed by atoms with E-state index < -0.39 is 5.82 Å². The first-order valence-electron chi connectivity index (χ1n) is 6.69. The number of carbonyl (C=O) groups is 2. The summed E-state index contributed by atoms with van der Waals surface area (Å²) in [5, 5.41) is 0. The Bertz CT molecular complexity index is 461. The van der Waals surface area contributed by atoms with E-state index in [2.05, 4.69) is 4.74 Å². The molecule has 0 heterocycles.